The fraction of sp³-hybridized carbons (Fsp3) is 0. The molecule has 0 spiro atoms. The van der Waals surface area contributed by atoms with Crippen LogP contribution in [0.25, 0.3) is 0 Å². The van der Waals surface area contributed by atoms with Crippen LogP contribution in [0, 0.1) is 0 Å². The van der Waals surface area contributed by atoms with Crippen molar-refractivity contribution < 1.29 is 30.9 Å². The molecular formula is H3CuInS2Zn. The molecule has 0 saturated heterocycles. The minimum atomic E-state index is 0. The van der Waals surface area contributed by atoms with Crippen molar-refractivity contribution in [2.45, 2.75) is 0 Å². The maximum absolute atomic E-state index is 4.21. The minimum absolute atomic E-state index is 0. The molecule has 0 aromatic heterocycles. The maximum atomic E-state index is 4.21. The van der Waals surface area contributed by atoms with Gasteiger partial charge in [-0.15, -0.1) is 0 Å². The van der Waals surface area contributed by atoms with Gasteiger partial charge in [-0.25, -0.2) is 0 Å². The molecule has 0 aliphatic carbocycles. The summed E-state index contributed by atoms with van der Waals surface area (Å²) in [4.78, 5) is 0. The van der Waals surface area contributed by atoms with Gasteiger partial charge in [-0.2, -0.15) is 0 Å². The Balaban J connectivity index is -0.0000000133. The Bertz CT molecular complexity index is 11.6. The molecule has 5 heteroatoms. The van der Waals surface area contributed by atoms with Gasteiger partial charge in [-0.3, -0.25) is 0 Å². The van der Waals surface area contributed by atoms with Crippen LogP contribution in [0.3, 0.4) is 0 Å². The average molecular weight is 311 g/mol. The molecule has 0 saturated carbocycles. The van der Waals surface area contributed by atoms with Crippen LogP contribution in [0.1, 0.15) is 0 Å². The van der Waals surface area contributed by atoms with Crippen LogP contribution in [-0.4, -0.2) is 25.8 Å². The molecule has 0 radical (unpaired) electrons. The second-order valence-corrected chi connectivity index (χ2v) is 0. The summed E-state index contributed by atoms with van der Waals surface area (Å²) >= 11 is 4.73. The van der Waals surface area contributed by atoms with E-state index in [2.05, 4.69) is 35.1 Å². The van der Waals surface area contributed by atoms with Crippen molar-refractivity contribution in [1.82, 2.24) is 0 Å². The summed E-state index contributed by atoms with van der Waals surface area (Å²) in [7, 11) is 7.85. The first-order chi connectivity index (χ1) is 2.00. The van der Waals surface area contributed by atoms with E-state index in [0.717, 1.165) is 16.6 Å². The molecule has 0 bridgehead atoms. The van der Waals surface area contributed by atoms with Gasteiger partial charge in [-0.05, 0) is 0 Å². The molecule has 0 atom stereocenters. The van der Waals surface area contributed by atoms with Gasteiger partial charge < -0.3 is 0 Å². The number of hydrogen-bond donors (Lipinski definition) is 0. The normalized spacial score (nSPS) is 2.40. The third-order valence-electron chi connectivity index (χ3n) is 0. The Labute approximate surface area is 76.2 Å². The molecule has 0 unspecified atom stereocenters. The summed E-state index contributed by atoms with van der Waals surface area (Å²) in [6, 6.07) is 0. The van der Waals surface area contributed by atoms with E-state index in [0.29, 0.717) is 0 Å². The Kier molecular flexibility index (Phi) is 99.8. The molecular weight excluding hydrogens is 308 g/mol. The molecule has 0 amide bonds. The molecule has 0 heterocycles. The SMILES string of the molecule is [InH3].[S]=[Cu].[S]=[Zn]. The molecule has 0 aromatic rings. The molecule has 0 aliphatic rings. The van der Waals surface area contributed by atoms with Gasteiger partial charge >= 0.3 is 77.4 Å². The van der Waals surface area contributed by atoms with E-state index in [1.165, 1.54) is 0 Å². The molecule has 0 nitrogen and oxygen atoms in total. The van der Waals surface area contributed by atoms with Gasteiger partial charge in [0.15, 0.2) is 0 Å². The first-order valence-corrected chi connectivity index (χ1v) is 6.02. The van der Waals surface area contributed by atoms with Crippen molar-refractivity contribution in [3.63, 3.8) is 0 Å². The predicted molar refractivity (Wildman–Crippen MR) is 25.1 cm³/mol. The van der Waals surface area contributed by atoms with E-state index in [9.17, 15) is 0 Å². The summed E-state index contributed by atoms with van der Waals surface area (Å²) in [5.41, 5.74) is 0. The van der Waals surface area contributed by atoms with Crippen molar-refractivity contribution in [2.75, 3.05) is 0 Å². The van der Waals surface area contributed by atoms with Crippen LogP contribution in [-0.2, 0) is 30.9 Å². The van der Waals surface area contributed by atoms with E-state index in [1.54, 1.807) is 0 Å². The average Bonchev–Trinajstić information content (AvgIpc) is 1.50. The van der Waals surface area contributed by atoms with Gasteiger partial charge in [0.05, 0.1) is 0 Å². The number of rotatable bonds is 0. The third kappa shape index (κ3) is 21.3. The van der Waals surface area contributed by atoms with Gasteiger partial charge in [0, 0.05) is 0 Å². The van der Waals surface area contributed by atoms with E-state index < -0.39 is 0 Å². The van der Waals surface area contributed by atoms with E-state index in [1.807, 2.05) is 0 Å². The van der Waals surface area contributed by atoms with Crippen LogP contribution < -0.4 is 0 Å². The Hall–Kier alpha value is 2.45. The van der Waals surface area contributed by atoms with Crippen molar-refractivity contribution in [3.8, 4) is 0 Å². The fourth-order valence-electron chi connectivity index (χ4n) is 0. The first kappa shape index (κ1) is 15.7. The Morgan fingerprint density at radius 1 is 1.20 bits per heavy atom. The Morgan fingerprint density at radius 3 is 1.20 bits per heavy atom. The van der Waals surface area contributed by atoms with Crippen LogP contribution in [0.2, 0.25) is 0 Å². The first-order valence-electron chi connectivity index (χ1n) is 0.412. The van der Waals surface area contributed by atoms with E-state index in [-0.39, 0.29) is 25.8 Å². The molecule has 5 heavy (non-hydrogen) atoms. The summed E-state index contributed by atoms with van der Waals surface area (Å²) < 4.78 is 0. The predicted octanol–water partition coefficient (Wildman–Crippen LogP) is 0.108. The second-order valence-electron chi connectivity index (χ2n) is 0. The van der Waals surface area contributed by atoms with Gasteiger partial charge in [0.1, 0.15) is 0 Å². The van der Waals surface area contributed by atoms with Gasteiger partial charge in [-0.1, -0.05) is 0 Å². The molecule has 0 aliphatic heterocycles. The fourth-order valence-corrected chi connectivity index (χ4v) is 0. The summed E-state index contributed by atoms with van der Waals surface area (Å²) in [5, 5.41) is 0. The molecule has 0 N–H and O–H groups in total. The zero-order chi connectivity index (χ0) is 4.00. The van der Waals surface area contributed by atoms with Gasteiger partial charge in [0.2, 0.25) is 0 Å². The zero-order valence-electron chi connectivity index (χ0n) is 1.83. The van der Waals surface area contributed by atoms with Crippen LogP contribution in [0.4, 0.5) is 0 Å². The van der Waals surface area contributed by atoms with Gasteiger partial charge in [0.25, 0.3) is 0 Å². The van der Waals surface area contributed by atoms with E-state index in [4.69, 9.17) is 0 Å². The molecule has 0 fully saturated rings. The van der Waals surface area contributed by atoms with Crippen molar-refractivity contribution in [2.24, 2.45) is 0 Å². The van der Waals surface area contributed by atoms with Crippen molar-refractivity contribution in [1.29, 1.82) is 0 Å². The monoisotopic (exact) mass is 309 g/mol. The zero-order valence-corrected chi connectivity index (χ0v) is 7.37. The van der Waals surface area contributed by atoms with Crippen LogP contribution in [0.15, 0.2) is 0 Å². The molecule has 0 rings (SSSR count). The standard InChI is InChI=1S/Cu.In.2S.Zn.3H. The molecule has 31 valence electrons. The summed E-state index contributed by atoms with van der Waals surface area (Å²) in [6.45, 7) is 0. The quantitative estimate of drug-likeness (QED) is 0.583. The van der Waals surface area contributed by atoms with Crippen LogP contribution in [0.5, 0.6) is 0 Å². The Morgan fingerprint density at radius 2 is 1.20 bits per heavy atom. The molecule has 0 aromatic carbocycles. The number of hydrogen-bond acceptors (Lipinski definition) is 2. The topological polar surface area (TPSA) is 0 Å². The van der Waals surface area contributed by atoms with Crippen LogP contribution >= 0.6 is 20.7 Å². The second kappa shape index (κ2) is 31.9. The van der Waals surface area contributed by atoms with Crippen molar-refractivity contribution in [3.05, 3.63) is 0 Å². The van der Waals surface area contributed by atoms with Crippen molar-refractivity contribution >= 4 is 46.5 Å². The van der Waals surface area contributed by atoms with E-state index >= 15 is 0 Å². The summed E-state index contributed by atoms with van der Waals surface area (Å²) in [5.74, 6) is 0. The summed E-state index contributed by atoms with van der Waals surface area (Å²) in [6.07, 6.45) is 0. The third-order valence-corrected chi connectivity index (χ3v) is 0.